The van der Waals surface area contributed by atoms with E-state index in [2.05, 4.69) is 10.2 Å². The molecule has 2 nitrogen and oxygen atoms in total. The first-order chi connectivity index (χ1) is 2.50. The van der Waals surface area contributed by atoms with Crippen LogP contribution in [-0.4, -0.2) is 2.51 Å². The van der Waals surface area contributed by atoms with Crippen molar-refractivity contribution in [2.24, 2.45) is 10.2 Å². The fourth-order valence-corrected chi connectivity index (χ4v) is 2.17. The van der Waals surface area contributed by atoms with Gasteiger partial charge in [-0.2, -0.15) is 0 Å². The second-order valence-corrected chi connectivity index (χ2v) is 5.77. The number of nitrogens with zero attached hydrogens (tertiary/aromatic N) is 2. The van der Waals surface area contributed by atoms with Gasteiger partial charge >= 0.3 is 53.3 Å². The second kappa shape index (κ2) is 2.07. The summed E-state index contributed by atoms with van der Waals surface area (Å²) in [5, 5.41) is 7.26. The summed E-state index contributed by atoms with van der Waals surface area (Å²) in [5.74, 6) is 0. The Balaban J connectivity index is 2.61. The van der Waals surface area contributed by atoms with E-state index in [-0.39, 0.29) is 0 Å². The SMILES string of the molecule is [CH]1=NN=[CH][Ra]1. The van der Waals surface area contributed by atoms with E-state index in [0.29, 0.717) is 0 Å². The van der Waals surface area contributed by atoms with Gasteiger partial charge in [-0.3, -0.25) is 0 Å². The zero-order valence-corrected chi connectivity index (χ0v) is 8.57. The van der Waals surface area contributed by atoms with Gasteiger partial charge in [0, 0.05) is 0 Å². The molecule has 0 N–H and O–H groups in total. The Bertz CT molecular complexity index is 65.7. The quantitative estimate of drug-likeness (QED) is 0.599. The molecule has 5 heavy (non-hydrogen) atoms. The third kappa shape index (κ3) is 1.12. The zero-order chi connectivity index (χ0) is 3.54. The first kappa shape index (κ1) is 3.98. The molecule has 1 rings (SSSR count). The van der Waals surface area contributed by atoms with Gasteiger partial charge in [-0.1, -0.05) is 0 Å². The van der Waals surface area contributed by atoms with E-state index in [4.69, 9.17) is 0 Å². The van der Waals surface area contributed by atoms with Crippen LogP contribution in [0.5, 0.6) is 0 Å². The fourth-order valence-electron chi connectivity index (χ4n) is 0.236. The molecule has 0 aliphatic carbocycles. The summed E-state index contributed by atoms with van der Waals surface area (Å²) in [7, 11) is 0. The van der Waals surface area contributed by atoms with Crippen molar-refractivity contribution in [3.8, 4) is 0 Å². The Labute approximate surface area is 52.5 Å². The van der Waals surface area contributed by atoms with Crippen LogP contribution in [0.25, 0.3) is 0 Å². The van der Waals surface area contributed by atoms with E-state index in [9.17, 15) is 0 Å². The Morgan fingerprint density at radius 1 is 1.20 bits per heavy atom. The summed E-state index contributed by atoms with van der Waals surface area (Å²) in [5.41, 5.74) is 0. The predicted octanol–water partition coefficient (Wildman–Crippen LogP) is 0.0566. The molecule has 0 aromatic carbocycles. The van der Waals surface area contributed by atoms with Gasteiger partial charge in [-0.15, -0.1) is 0 Å². The third-order valence-electron chi connectivity index (χ3n) is 0.441. The number of hydrogen-bond donors (Lipinski definition) is 0. The Morgan fingerprint density at radius 2 is 1.80 bits per heavy atom. The number of rotatable bonds is 0. The summed E-state index contributed by atoms with van der Waals surface area (Å²) < 4.78 is 3.99. The van der Waals surface area contributed by atoms with Gasteiger partial charge in [0.05, 0.1) is 0 Å². The summed E-state index contributed by atoms with van der Waals surface area (Å²) >= 11 is -0.665. The molecule has 0 saturated carbocycles. The Kier molecular flexibility index (Phi) is 1.64. The van der Waals surface area contributed by atoms with Crippen LogP contribution in [0.3, 0.4) is 0 Å². The van der Waals surface area contributed by atoms with Gasteiger partial charge in [0.25, 0.3) is 0 Å². The molecule has 0 atom stereocenters. The van der Waals surface area contributed by atoms with Gasteiger partial charge in [-0.25, -0.2) is 0 Å². The average Bonchev–Trinajstić information content (AvgIpc) is 1.76. The van der Waals surface area contributed by atoms with Gasteiger partial charge in [0.2, 0.25) is 0 Å². The summed E-state index contributed by atoms with van der Waals surface area (Å²) in [6, 6.07) is 0. The molecule has 0 bridgehead atoms. The molecular formula is C2H2N2Ra. The van der Waals surface area contributed by atoms with Crippen LogP contribution in [0.4, 0.5) is 0 Å². The molecule has 3 heteroatoms. The molecule has 0 spiro atoms. The summed E-state index contributed by atoms with van der Waals surface area (Å²) in [6.45, 7) is 0. The van der Waals surface area contributed by atoms with Crippen molar-refractivity contribution in [3.63, 3.8) is 0 Å². The van der Waals surface area contributed by atoms with E-state index < -0.39 is 40.6 Å². The zero-order valence-electron chi connectivity index (χ0n) is 2.76. The van der Waals surface area contributed by atoms with Crippen molar-refractivity contribution in [2.75, 3.05) is 0 Å². The molecule has 0 amide bonds. The molecule has 0 aromatic rings. The van der Waals surface area contributed by atoms with Gasteiger partial charge in [0.15, 0.2) is 0 Å². The topological polar surface area (TPSA) is 24.7 Å². The first-order valence-corrected chi connectivity index (χ1v) is 8.24. The molecule has 1 heterocycles. The van der Waals surface area contributed by atoms with Crippen molar-refractivity contribution in [2.45, 2.75) is 0 Å². The first-order valence-electron chi connectivity index (χ1n) is 1.53. The summed E-state index contributed by atoms with van der Waals surface area (Å²) in [6.07, 6.45) is 0. The van der Waals surface area contributed by atoms with Gasteiger partial charge in [-0.05, 0) is 0 Å². The van der Waals surface area contributed by atoms with E-state index in [1.807, 2.05) is 2.51 Å². The van der Waals surface area contributed by atoms with Crippen LogP contribution in [0, 0.1) is 40.6 Å². The monoisotopic (exact) mass is 280 g/mol. The molecule has 1 aliphatic rings. The van der Waals surface area contributed by atoms with Gasteiger partial charge in [0.1, 0.15) is 0 Å². The molecule has 0 aromatic heterocycles. The third-order valence-corrected chi connectivity index (χ3v) is 3.52. The van der Waals surface area contributed by atoms with Crippen LogP contribution < -0.4 is 0 Å². The van der Waals surface area contributed by atoms with Crippen LogP contribution in [0.1, 0.15) is 0 Å². The molecule has 0 fully saturated rings. The Morgan fingerprint density at radius 3 is 2.00 bits per heavy atom. The maximum atomic E-state index is 3.63. The van der Waals surface area contributed by atoms with E-state index >= 15 is 0 Å². The molecule has 0 unspecified atom stereocenters. The van der Waals surface area contributed by atoms with Crippen molar-refractivity contribution in [3.05, 3.63) is 0 Å². The predicted molar refractivity (Wildman–Crippen MR) is 17.0 cm³/mol. The fraction of sp³-hybridized carbons (Fsp3) is 0. The average molecular weight is 280 g/mol. The maximum absolute atomic E-state index is 3.63. The second-order valence-electron chi connectivity index (χ2n) is 0.832. The molecule has 1 aliphatic heterocycles. The molecule has 0 radical (unpaired) electrons. The van der Waals surface area contributed by atoms with Gasteiger partial charge < -0.3 is 0 Å². The minimum atomic E-state index is -0.665. The van der Waals surface area contributed by atoms with Crippen LogP contribution in [0.15, 0.2) is 10.2 Å². The minimum absolute atomic E-state index is 0.665. The van der Waals surface area contributed by atoms with Crippen molar-refractivity contribution >= 4 is 2.51 Å². The number of hydrogen-bond acceptors (Lipinski definition) is 2. The van der Waals surface area contributed by atoms with E-state index in [1.54, 1.807) is 0 Å². The Hall–Kier alpha value is 0.808. The standard InChI is InChI=1S/C2H2N2.Ra/c1-3-4-2;/h1-2H;. The van der Waals surface area contributed by atoms with Crippen LogP contribution in [-0.2, 0) is 0 Å². The van der Waals surface area contributed by atoms with Crippen LogP contribution >= 0.6 is 0 Å². The summed E-state index contributed by atoms with van der Waals surface area (Å²) in [4.78, 5) is 0. The molecule has 0 saturated heterocycles. The van der Waals surface area contributed by atoms with E-state index in [0.717, 1.165) is 0 Å². The molecular weight excluding hydrogens is 278 g/mol. The van der Waals surface area contributed by atoms with E-state index in [1.165, 1.54) is 0 Å². The van der Waals surface area contributed by atoms with Crippen LogP contribution in [0.2, 0.25) is 0 Å². The van der Waals surface area contributed by atoms with Crippen molar-refractivity contribution in [1.82, 2.24) is 0 Å². The van der Waals surface area contributed by atoms with Crippen molar-refractivity contribution < 1.29 is 40.6 Å². The normalized spacial score (nSPS) is 14.4. The van der Waals surface area contributed by atoms with Crippen molar-refractivity contribution in [1.29, 1.82) is 0 Å². The molecule has 22 valence electrons.